The molecule has 0 aromatic rings. The minimum atomic E-state index is -0.225. The third-order valence-corrected chi connectivity index (χ3v) is 2.67. The van der Waals surface area contributed by atoms with Crippen molar-refractivity contribution in [3.63, 3.8) is 0 Å². The van der Waals surface area contributed by atoms with Gasteiger partial charge in [0.2, 0.25) is 0 Å². The maximum Gasteiger partial charge on any atom is 0.149 e. The van der Waals surface area contributed by atoms with Crippen LogP contribution in [-0.2, 0) is 4.79 Å². The number of thioether (sulfide) groups is 1. The fourth-order valence-corrected chi connectivity index (χ4v) is 1.37. The highest BCUT2D eigenvalue weighted by Gasteiger charge is 2.09. The topological polar surface area (TPSA) is 63.3 Å². The predicted octanol–water partition coefficient (Wildman–Crippen LogP) is 1.34. The van der Waals surface area contributed by atoms with Crippen molar-refractivity contribution in [2.45, 2.75) is 32.2 Å². The van der Waals surface area contributed by atoms with Crippen LogP contribution in [0.1, 0.15) is 26.2 Å². The molecule has 0 radical (unpaired) electrons. The first-order valence-corrected chi connectivity index (χ1v) is 7.15. The van der Waals surface area contributed by atoms with Crippen molar-refractivity contribution in [2.75, 3.05) is 24.4 Å². The minimum absolute atomic E-state index is 0.175. The van der Waals surface area contributed by atoms with E-state index in [9.17, 15) is 4.79 Å². The summed E-state index contributed by atoms with van der Waals surface area (Å²) in [4.78, 5) is 10.9. The summed E-state index contributed by atoms with van der Waals surface area (Å²) in [7, 11) is 0. The summed E-state index contributed by atoms with van der Waals surface area (Å²) in [6.07, 6.45) is 4.20. The van der Waals surface area contributed by atoms with Gasteiger partial charge in [-0.15, -0.1) is 0 Å². The molecular weight excluding hydrogens is 230 g/mol. The van der Waals surface area contributed by atoms with Crippen molar-refractivity contribution in [2.24, 2.45) is 5.73 Å². The zero-order chi connectivity index (χ0) is 12.1. The Labute approximate surface area is 103 Å². The molecule has 0 fully saturated rings. The second-order valence-corrected chi connectivity index (χ2v) is 4.44. The van der Waals surface area contributed by atoms with Gasteiger partial charge in [0, 0.05) is 13.0 Å². The molecule has 3 N–H and O–H groups in total. The molecule has 0 saturated carbocycles. The fourth-order valence-electron chi connectivity index (χ4n) is 0.739. The molecule has 0 aromatic heterocycles. The van der Waals surface area contributed by atoms with Gasteiger partial charge in [0.1, 0.15) is 5.78 Å². The van der Waals surface area contributed by atoms with Crippen LogP contribution in [0.15, 0.2) is 0 Å². The Hall–Kier alpha value is 0.290. The molecule has 0 heterocycles. The number of ketones is 1. The first-order chi connectivity index (χ1) is 7.13. The highest BCUT2D eigenvalue weighted by molar-refractivity contribution is 7.98. The molecule has 0 aliphatic rings. The van der Waals surface area contributed by atoms with Crippen LogP contribution in [0.5, 0.6) is 0 Å². The van der Waals surface area contributed by atoms with Crippen molar-refractivity contribution in [3.8, 4) is 0 Å². The summed E-state index contributed by atoms with van der Waals surface area (Å²) in [6, 6.07) is -0.225. The van der Waals surface area contributed by atoms with Crippen LogP contribution < -0.4 is 5.73 Å². The van der Waals surface area contributed by atoms with E-state index in [4.69, 9.17) is 10.8 Å². The van der Waals surface area contributed by atoms with Crippen molar-refractivity contribution in [1.82, 2.24) is 0 Å². The number of hydrogen-bond donors (Lipinski definition) is 3. The third-order valence-electron chi connectivity index (χ3n) is 1.71. The number of aliphatic hydroxyl groups is 1. The van der Waals surface area contributed by atoms with Gasteiger partial charge < -0.3 is 10.8 Å². The lowest BCUT2D eigenvalue weighted by atomic mass is 10.1. The molecule has 0 unspecified atom stereocenters. The highest BCUT2D eigenvalue weighted by atomic mass is 32.2. The Morgan fingerprint density at radius 1 is 1.60 bits per heavy atom. The second kappa shape index (κ2) is 14.3. The third kappa shape index (κ3) is 14.3. The van der Waals surface area contributed by atoms with E-state index in [1.54, 1.807) is 11.8 Å². The normalized spacial score (nSPS) is 11.5. The van der Waals surface area contributed by atoms with E-state index in [0.717, 1.165) is 24.3 Å². The SMILES string of the molecule is CCC(=O)[C@@H](N)CCSC.OCCCS. The van der Waals surface area contributed by atoms with Crippen LogP contribution in [0.2, 0.25) is 0 Å². The summed E-state index contributed by atoms with van der Waals surface area (Å²) in [5.74, 6) is 1.94. The van der Waals surface area contributed by atoms with Crippen LogP contribution >= 0.6 is 24.4 Å². The predicted molar refractivity (Wildman–Crippen MR) is 71.8 cm³/mol. The summed E-state index contributed by atoms with van der Waals surface area (Å²) in [5, 5.41) is 8.02. The maximum atomic E-state index is 10.9. The second-order valence-electron chi connectivity index (χ2n) is 3.01. The summed E-state index contributed by atoms with van der Waals surface area (Å²) < 4.78 is 0. The van der Waals surface area contributed by atoms with Crippen molar-refractivity contribution < 1.29 is 9.90 Å². The van der Waals surface area contributed by atoms with E-state index >= 15 is 0 Å². The van der Waals surface area contributed by atoms with E-state index in [0.29, 0.717) is 6.42 Å². The van der Waals surface area contributed by atoms with Crippen LogP contribution in [-0.4, -0.2) is 41.3 Å². The van der Waals surface area contributed by atoms with Crippen LogP contribution in [0.3, 0.4) is 0 Å². The smallest absolute Gasteiger partial charge is 0.149 e. The molecule has 0 bridgehead atoms. The number of thiol groups is 1. The summed E-state index contributed by atoms with van der Waals surface area (Å²) in [6.45, 7) is 2.12. The van der Waals surface area contributed by atoms with Gasteiger partial charge >= 0.3 is 0 Å². The Morgan fingerprint density at radius 2 is 2.20 bits per heavy atom. The van der Waals surface area contributed by atoms with E-state index in [2.05, 4.69) is 12.6 Å². The first-order valence-electron chi connectivity index (χ1n) is 5.12. The van der Waals surface area contributed by atoms with Gasteiger partial charge in [-0.25, -0.2) is 0 Å². The van der Waals surface area contributed by atoms with Crippen LogP contribution in [0, 0.1) is 0 Å². The molecule has 5 heteroatoms. The van der Waals surface area contributed by atoms with E-state index in [1.165, 1.54) is 0 Å². The van der Waals surface area contributed by atoms with Gasteiger partial charge in [0.25, 0.3) is 0 Å². The first kappa shape index (κ1) is 17.7. The van der Waals surface area contributed by atoms with Gasteiger partial charge in [0.15, 0.2) is 0 Å². The number of rotatable bonds is 7. The number of carbonyl (C=O) groups excluding carboxylic acids is 1. The molecular formula is C10H23NO2S2. The molecule has 0 aromatic carbocycles. The molecule has 0 spiro atoms. The monoisotopic (exact) mass is 253 g/mol. The number of hydrogen-bond acceptors (Lipinski definition) is 5. The highest BCUT2D eigenvalue weighted by Crippen LogP contribution is 2.00. The zero-order valence-corrected chi connectivity index (χ0v) is 11.3. The Morgan fingerprint density at radius 3 is 2.47 bits per heavy atom. The van der Waals surface area contributed by atoms with Crippen molar-refractivity contribution in [1.29, 1.82) is 0 Å². The van der Waals surface area contributed by atoms with Crippen molar-refractivity contribution in [3.05, 3.63) is 0 Å². The average molecular weight is 253 g/mol. The number of carbonyl (C=O) groups is 1. The lowest BCUT2D eigenvalue weighted by molar-refractivity contribution is -0.120. The van der Waals surface area contributed by atoms with Crippen LogP contribution in [0.4, 0.5) is 0 Å². The lowest BCUT2D eigenvalue weighted by Crippen LogP contribution is -2.30. The van der Waals surface area contributed by atoms with Gasteiger partial charge in [-0.05, 0) is 30.6 Å². The van der Waals surface area contributed by atoms with Gasteiger partial charge in [-0.1, -0.05) is 6.92 Å². The minimum Gasteiger partial charge on any atom is -0.396 e. The van der Waals surface area contributed by atoms with E-state index < -0.39 is 0 Å². The lowest BCUT2D eigenvalue weighted by Gasteiger charge is -2.06. The van der Waals surface area contributed by atoms with Gasteiger partial charge in [0.05, 0.1) is 6.04 Å². The standard InChI is InChI=1S/C7H15NOS.C3H8OS/c1-3-7(9)6(8)4-5-10-2;4-2-1-3-5/h6H,3-5,8H2,1-2H3;4-5H,1-3H2/t6-;/m0./s1. The summed E-state index contributed by atoms with van der Waals surface area (Å²) >= 11 is 5.57. The molecule has 0 aliphatic carbocycles. The number of Topliss-reactive ketones (excluding diaryl/α,β-unsaturated/α-hetero) is 1. The average Bonchev–Trinajstić information content (AvgIpc) is 2.26. The van der Waals surface area contributed by atoms with Crippen molar-refractivity contribution >= 4 is 30.2 Å². The number of nitrogens with two attached hydrogens (primary N) is 1. The zero-order valence-electron chi connectivity index (χ0n) is 9.61. The quantitative estimate of drug-likeness (QED) is 0.599. The molecule has 0 rings (SSSR count). The molecule has 92 valence electrons. The molecule has 1 atom stereocenters. The fraction of sp³-hybridized carbons (Fsp3) is 0.900. The molecule has 3 nitrogen and oxygen atoms in total. The molecule has 0 saturated heterocycles. The summed E-state index contributed by atoms with van der Waals surface area (Å²) in [5.41, 5.74) is 5.55. The Balaban J connectivity index is 0. The number of aliphatic hydroxyl groups excluding tert-OH is 1. The Kier molecular flexibility index (Phi) is 16.8. The van der Waals surface area contributed by atoms with E-state index in [-0.39, 0.29) is 18.4 Å². The molecule has 0 aliphatic heterocycles. The maximum absolute atomic E-state index is 10.9. The largest absolute Gasteiger partial charge is 0.396 e. The van der Waals surface area contributed by atoms with Gasteiger partial charge in [-0.2, -0.15) is 24.4 Å². The van der Waals surface area contributed by atoms with Crippen LogP contribution in [0.25, 0.3) is 0 Å². The molecule has 0 amide bonds. The van der Waals surface area contributed by atoms with E-state index in [1.807, 2.05) is 13.2 Å². The molecule has 15 heavy (non-hydrogen) atoms. The Bertz CT molecular complexity index is 143. The van der Waals surface area contributed by atoms with Gasteiger partial charge in [-0.3, -0.25) is 4.79 Å².